The van der Waals surface area contributed by atoms with E-state index in [9.17, 15) is 14.7 Å². The summed E-state index contributed by atoms with van der Waals surface area (Å²) in [5, 5.41) is 17.7. The zero-order valence-electron chi connectivity index (χ0n) is 17.7. The van der Waals surface area contributed by atoms with E-state index in [1.165, 1.54) is 0 Å². The Morgan fingerprint density at radius 1 is 1.03 bits per heavy atom. The first kappa shape index (κ1) is 22.1. The fourth-order valence-electron chi connectivity index (χ4n) is 3.81. The molecule has 1 aliphatic carbocycles. The zero-order chi connectivity index (χ0) is 22.2. The number of alkyl carbamates (subject to hydrolysis) is 1. The largest absolute Gasteiger partial charge is 0.480 e. The molecule has 0 aromatic heterocycles. The quantitative estimate of drug-likeness (QED) is 0.294. The van der Waals surface area contributed by atoms with Crippen LogP contribution in [0.4, 0.5) is 4.79 Å². The summed E-state index contributed by atoms with van der Waals surface area (Å²) in [4.78, 5) is 28.1. The summed E-state index contributed by atoms with van der Waals surface area (Å²) in [6, 6.07) is 15.1. The maximum Gasteiger partial charge on any atom is 0.407 e. The van der Waals surface area contributed by atoms with Crippen LogP contribution in [0.1, 0.15) is 29.9 Å². The average Bonchev–Trinajstić information content (AvgIpc) is 3.10. The number of carboxylic acid groups (broad SMARTS) is 1. The second kappa shape index (κ2) is 10.5. The van der Waals surface area contributed by atoms with Crippen molar-refractivity contribution in [3.63, 3.8) is 0 Å². The molecule has 1 amide bonds. The van der Waals surface area contributed by atoms with Gasteiger partial charge in [0.2, 0.25) is 0 Å². The van der Waals surface area contributed by atoms with Crippen LogP contribution in [-0.4, -0.2) is 56.4 Å². The van der Waals surface area contributed by atoms with Gasteiger partial charge in [-0.1, -0.05) is 48.5 Å². The molecule has 0 bridgehead atoms. The molecule has 8 heteroatoms. The number of ether oxygens (including phenoxy) is 1. The molecule has 8 nitrogen and oxygen atoms in total. The maximum absolute atomic E-state index is 12.3. The molecule has 1 aliphatic rings. The first-order chi connectivity index (χ1) is 15.0. The first-order valence-corrected chi connectivity index (χ1v) is 10.3. The van der Waals surface area contributed by atoms with Crippen LogP contribution in [0.25, 0.3) is 11.1 Å². The number of guanidine groups is 1. The van der Waals surface area contributed by atoms with E-state index >= 15 is 0 Å². The molecule has 2 aromatic rings. The molecule has 0 saturated heterocycles. The van der Waals surface area contributed by atoms with E-state index in [4.69, 9.17) is 4.74 Å². The van der Waals surface area contributed by atoms with E-state index in [0.29, 0.717) is 18.9 Å². The SMILES string of the molecule is CNC(=NCCCC(NC(=O)OCC1c2ccccc2-c2ccccc21)C(=O)O)NC. The van der Waals surface area contributed by atoms with Gasteiger partial charge in [-0.3, -0.25) is 4.99 Å². The van der Waals surface area contributed by atoms with Crippen LogP contribution in [0.3, 0.4) is 0 Å². The number of amides is 1. The van der Waals surface area contributed by atoms with Crippen LogP contribution in [0.5, 0.6) is 0 Å². The first-order valence-electron chi connectivity index (χ1n) is 10.3. The highest BCUT2D eigenvalue weighted by molar-refractivity contribution is 5.81. The van der Waals surface area contributed by atoms with E-state index in [1.54, 1.807) is 14.1 Å². The van der Waals surface area contributed by atoms with Gasteiger partial charge in [-0.25, -0.2) is 9.59 Å². The van der Waals surface area contributed by atoms with Crippen LogP contribution >= 0.6 is 0 Å². The molecule has 4 N–H and O–H groups in total. The Morgan fingerprint density at radius 2 is 1.61 bits per heavy atom. The Morgan fingerprint density at radius 3 is 2.16 bits per heavy atom. The van der Waals surface area contributed by atoms with Crippen molar-refractivity contribution < 1.29 is 19.4 Å². The molecule has 0 heterocycles. The molecule has 164 valence electrons. The molecular formula is C23H28N4O4. The summed E-state index contributed by atoms with van der Waals surface area (Å²) in [6.07, 6.45) is 0.0286. The highest BCUT2D eigenvalue weighted by Gasteiger charge is 2.29. The number of carbonyl (C=O) groups excluding carboxylic acids is 1. The highest BCUT2D eigenvalue weighted by Crippen LogP contribution is 2.44. The Kier molecular flexibility index (Phi) is 7.48. The van der Waals surface area contributed by atoms with Gasteiger partial charge in [-0.15, -0.1) is 0 Å². The molecule has 0 fully saturated rings. The molecule has 2 aromatic carbocycles. The van der Waals surface area contributed by atoms with E-state index in [0.717, 1.165) is 22.3 Å². The lowest BCUT2D eigenvalue weighted by atomic mass is 9.98. The zero-order valence-corrected chi connectivity index (χ0v) is 17.7. The lowest BCUT2D eigenvalue weighted by molar-refractivity contribution is -0.139. The monoisotopic (exact) mass is 424 g/mol. The number of hydrogen-bond donors (Lipinski definition) is 4. The molecule has 0 radical (unpaired) electrons. The van der Waals surface area contributed by atoms with Crippen LogP contribution < -0.4 is 16.0 Å². The number of carbonyl (C=O) groups is 2. The van der Waals surface area contributed by atoms with Crippen molar-refractivity contribution >= 4 is 18.0 Å². The number of benzene rings is 2. The second-order valence-electron chi connectivity index (χ2n) is 7.23. The Hall–Kier alpha value is -3.55. The van der Waals surface area contributed by atoms with Gasteiger partial charge in [0, 0.05) is 26.6 Å². The van der Waals surface area contributed by atoms with E-state index in [-0.39, 0.29) is 18.9 Å². The average molecular weight is 425 g/mol. The number of nitrogens with one attached hydrogen (secondary N) is 3. The van der Waals surface area contributed by atoms with Gasteiger partial charge >= 0.3 is 12.1 Å². The minimum Gasteiger partial charge on any atom is -0.480 e. The van der Waals surface area contributed by atoms with Crippen LogP contribution in [-0.2, 0) is 9.53 Å². The smallest absolute Gasteiger partial charge is 0.407 e. The number of rotatable bonds is 8. The summed E-state index contributed by atoms with van der Waals surface area (Å²) in [5.41, 5.74) is 4.49. The summed E-state index contributed by atoms with van der Waals surface area (Å²) in [6.45, 7) is 0.581. The van der Waals surface area contributed by atoms with Gasteiger partial charge in [0.25, 0.3) is 0 Å². The Labute approximate surface area is 181 Å². The number of aliphatic carboxylic acids is 1. The molecule has 0 spiro atoms. The lowest BCUT2D eigenvalue weighted by Crippen LogP contribution is -2.41. The molecule has 0 aliphatic heterocycles. The van der Waals surface area contributed by atoms with Gasteiger partial charge < -0.3 is 25.8 Å². The summed E-state index contributed by atoms with van der Waals surface area (Å²) in [7, 11) is 3.49. The normalized spacial score (nSPS) is 12.8. The lowest BCUT2D eigenvalue weighted by Gasteiger charge is -2.17. The minimum atomic E-state index is -1.10. The van der Waals surface area contributed by atoms with Crippen molar-refractivity contribution in [1.82, 2.24) is 16.0 Å². The van der Waals surface area contributed by atoms with E-state index in [2.05, 4.69) is 33.1 Å². The van der Waals surface area contributed by atoms with E-state index < -0.39 is 18.1 Å². The minimum absolute atomic E-state index is 0.0720. The molecule has 1 unspecified atom stereocenters. The van der Waals surface area contributed by atoms with Crippen molar-refractivity contribution in [2.45, 2.75) is 24.8 Å². The van der Waals surface area contributed by atoms with Gasteiger partial charge in [-0.05, 0) is 35.1 Å². The number of nitrogens with zero attached hydrogens (tertiary/aromatic N) is 1. The van der Waals surface area contributed by atoms with Crippen molar-refractivity contribution in [2.75, 3.05) is 27.2 Å². The Balaban J connectivity index is 1.56. The number of carboxylic acids is 1. The van der Waals surface area contributed by atoms with Gasteiger partial charge in [0.05, 0.1) is 0 Å². The van der Waals surface area contributed by atoms with Crippen molar-refractivity contribution in [3.8, 4) is 11.1 Å². The second-order valence-corrected chi connectivity index (χ2v) is 7.23. The number of fused-ring (bicyclic) bond motifs is 3. The third-order valence-corrected chi connectivity index (χ3v) is 5.33. The van der Waals surface area contributed by atoms with Gasteiger partial charge in [-0.2, -0.15) is 0 Å². The van der Waals surface area contributed by atoms with Crippen LogP contribution in [0, 0.1) is 0 Å². The molecular weight excluding hydrogens is 396 g/mol. The van der Waals surface area contributed by atoms with Crippen LogP contribution in [0.2, 0.25) is 0 Å². The fourth-order valence-corrected chi connectivity index (χ4v) is 3.81. The molecule has 0 saturated carbocycles. The number of hydrogen-bond acceptors (Lipinski definition) is 4. The third-order valence-electron chi connectivity index (χ3n) is 5.33. The molecule has 1 atom stereocenters. The number of aliphatic imine (C=N–C) groups is 1. The molecule has 3 rings (SSSR count). The maximum atomic E-state index is 12.3. The topological polar surface area (TPSA) is 112 Å². The predicted octanol–water partition coefficient (Wildman–Crippen LogP) is 2.55. The summed E-state index contributed by atoms with van der Waals surface area (Å²) >= 11 is 0. The highest BCUT2D eigenvalue weighted by atomic mass is 16.5. The molecule has 31 heavy (non-hydrogen) atoms. The van der Waals surface area contributed by atoms with Gasteiger partial charge in [0.15, 0.2) is 5.96 Å². The van der Waals surface area contributed by atoms with E-state index in [1.807, 2.05) is 36.4 Å². The summed E-state index contributed by atoms with van der Waals surface area (Å²) < 4.78 is 5.44. The Bertz CT molecular complexity index is 909. The standard InChI is InChI=1S/C23H28N4O4/c1-24-22(25-2)26-13-7-12-20(21(28)29)27-23(30)31-14-19-17-10-5-3-8-15(17)16-9-4-6-11-18(16)19/h3-6,8-11,19-20H,7,12-14H2,1-2H3,(H,27,30)(H,28,29)(H2,24,25,26). The fraction of sp³-hybridized carbons (Fsp3) is 0.348. The third kappa shape index (κ3) is 5.33. The van der Waals surface area contributed by atoms with Gasteiger partial charge in [0.1, 0.15) is 12.6 Å². The summed E-state index contributed by atoms with van der Waals surface area (Å²) in [5.74, 6) is -0.548. The van der Waals surface area contributed by atoms with Crippen molar-refractivity contribution in [3.05, 3.63) is 59.7 Å². The van der Waals surface area contributed by atoms with Crippen molar-refractivity contribution in [2.24, 2.45) is 4.99 Å². The van der Waals surface area contributed by atoms with Crippen molar-refractivity contribution in [1.29, 1.82) is 0 Å². The van der Waals surface area contributed by atoms with Crippen LogP contribution in [0.15, 0.2) is 53.5 Å². The predicted molar refractivity (Wildman–Crippen MR) is 119 cm³/mol.